The quantitative estimate of drug-likeness (QED) is 0.559. The van der Waals surface area contributed by atoms with Crippen LogP contribution in [0.25, 0.3) is 11.3 Å². The maximum atomic E-state index is 12.6. The number of amides is 2. The first-order valence-corrected chi connectivity index (χ1v) is 10.6. The van der Waals surface area contributed by atoms with E-state index in [2.05, 4.69) is 32.5 Å². The van der Waals surface area contributed by atoms with E-state index in [1.54, 1.807) is 36.4 Å². The lowest BCUT2D eigenvalue weighted by atomic mass is 10.0. The summed E-state index contributed by atoms with van der Waals surface area (Å²) in [5, 5.41) is 5.87. The molecule has 1 aliphatic rings. The van der Waals surface area contributed by atoms with Crippen LogP contribution in [-0.4, -0.2) is 52.9 Å². The van der Waals surface area contributed by atoms with Crippen molar-refractivity contribution in [2.45, 2.75) is 18.9 Å². The van der Waals surface area contributed by atoms with Crippen LogP contribution < -0.4 is 16.4 Å². The third-order valence-corrected chi connectivity index (χ3v) is 5.54. The molecule has 4 rings (SSSR count). The molecule has 0 aliphatic carbocycles. The normalized spacial score (nSPS) is 14.7. The molecule has 0 atom stereocenters. The summed E-state index contributed by atoms with van der Waals surface area (Å²) >= 11 is 0. The third kappa shape index (κ3) is 5.09. The second-order valence-electron chi connectivity index (χ2n) is 7.94. The van der Waals surface area contributed by atoms with Gasteiger partial charge in [-0.25, -0.2) is 9.97 Å². The monoisotopic (exact) mass is 438 g/mol. The second kappa shape index (κ2) is 9.57. The maximum absolute atomic E-state index is 12.6. The molecule has 1 aromatic heterocycles. The molecule has 2 heterocycles. The molecule has 172 valence electrons. The Balaban J connectivity index is 0.00000306. The zero-order valence-electron chi connectivity index (χ0n) is 17.9. The number of piperidine rings is 1. The smallest absolute Gasteiger partial charge is 0.278 e. The molecule has 1 aliphatic heterocycles. The van der Waals surface area contributed by atoms with E-state index >= 15 is 0 Å². The van der Waals surface area contributed by atoms with Crippen molar-refractivity contribution in [2.75, 3.05) is 31.2 Å². The fourth-order valence-corrected chi connectivity index (χ4v) is 3.63. The molecule has 1 fully saturated rings. The van der Waals surface area contributed by atoms with E-state index in [0.717, 1.165) is 31.5 Å². The zero-order chi connectivity index (χ0) is 22.5. The molecule has 2 amide bonds. The number of anilines is 2. The summed E-state index contributed by atoms with van der Waals surface area (Å²) in [4.78, 5) is 36.0. The van der Waals surface area contributed by atoms with Crippen LogP contribution in [0.5, 0.6) is 0 Å². The van der Waals surface area contributed by atoms with Gasteiger partial charge in [-0.1, -0.05) is 30.3 Å². The minimum Gasteiger partial charge on any atom is -0.382 e. The van der Waals surface area contributed by atoms with Crippen LogP contribution in [0.3, 0.4) is 0 Å². The van der Waals surface area contributed by atoms with Gasteiger partial charge in [0.25, 0.3) is 11.8 Å². The predicted octanol–water partition coefficient (Wildman–Crippen LogP) is 3.79. The molecule has 0 spiro atoms. The number of likely N-dealkylation sites (tertiary alicyclic amines) is 1. The number of para-hydroxylation sites is 1. The van der Waals surface area contributed by atoms with Crippen LogP contribution in [0.4, 0.5) is 11.5 Å². The summed E-state index contributed by atoms with van der Waals surface area (Å²) in [5.74, 6) is -0.467. The first-order chi connectivity index (χ1) is 15.5. The summed E-state index contributed by atoms with van der Waals surface area (Å²) in [6.45, 7) is 1.97. The summed E-state index contributed by atoms with van der Waals surface area (Å²) < 4.78 is 0. The Labute approximate surface area is 192 Å². The van der Waals surface area contributed by atoms with Gasteiger partial charge in [0, 0.05) is 28.6 Å². The predicted molar refractivity (Wildman–Crippen MR) is 133 cm³/mol. The zero-order valence-corrected chi connectivity index (χ0v) is 17.9. The summed E-state index contributed by atoms with van der Waals surface area (Å²) in [6, 6.07) is 16.4. The van der Waals surface area contributed by atoms with Crippen molar-refractivity contribution in [2.24, 2.45) is 0 Å². The van der Waals surface area contributed by atoms with Gasteiger partial charge in [-0.3, -0.25) is 9.59 Å². The van der Waals surface area contributed by atoms with Crippen molar-refractivity contribution in [1.82, 2.24) is 20.2 Å². The molecule has 1 saturated heterocycles. The van der Waals surface area contributed by atoms with Gasteiger partial charge in [-0.15, -0.1) is 0 Å². The number of nitrogens with zero attached hydrogens (tertiary/aromatic N) is 3. The number of aromatic nitrogens is 2. The van der Waals surface area contributed by atoms with Crippen molar-refractivity contribution in [3.05, 3.63) is 72.1 Å². The summed E-state index contributed by atoms with van der Waals surface area (Å²) in [6.07, 6.45) is 3.42. The molecule has 0 unspecified atom stereocenters. The Kier molecular flexibility index (Phi) is 6.42. The highest BCUT2D eigenvalue weighted by atomic mass is 16.2. The number of hydrogen-bond acceptors (Lipinski definition) is 6. The molecule has 3 aromatic rings. The summed E-state index contributed by atoms with van der Waals surface area (Å²) in [5.41, 5.74) is 8.41. The molecule has 0 radical (unpaired) electrons. The summed E-state index contributed by atoms with van der Waals surface area (Å²) in [7, 11) is 2.09. The number of benzene rings is 2. The number of carbonyl (C=O) groups is 2. The van der Waals surface area contributed by atoms with Gasteiger partial charge < -0.3 is 21.3 Å². The van der Waals surface area contributed by atoms with Gasteiger partial charge in [0.2, 0.25) is 0 Å². The van der Waals surface area contributed by atoms with Crippen molar-refractivity contribution in [3.8, 4) is 11.3 Å². The largest absolute Gasteiger partial charge is 0.382 e. The van der Waals surface area contributed by atoms with E-state index in [9.17, 15) is 9.59 Å². The number of hydrogen-bond donors (Lipinski definition) is 3. The fourth-order valence-electron chi connectivity index (χ4n) is 3.63. The van der Waals surface area contributed by atoms with Gasteiger partial charge >= 0.3 is 0 Å². The van der Waals surface area contributed by atoms with Crippen LogP contribution in [0.2, 0.25) is 0 Å². The minimum atomic E-state index is -0.433. The number of carbonyl (C=O) groups excluding carboxylic acids is 2. The maximum Gasteiger partial charge on any atom is 0.278 e. The van der Waals surface area contributed by atoms with Gasteiger partial charge in [-0.05, 0) is 57.2 Å². The van der Waals surface area contributed by atoms with Gasteiger partial charge in [0.05, 0.1) is 11.9 Å². The highest BCUT2D eigenvalue weighted by molar-refractivity contribution is 6.06. The Bertz CT molecular complexity index is 1110. The number of rotatable bonds is 5. The Morgan fingerprint density at radius 2 is 1.72 bits per heavy atom. The fraction of sp³-hybridized carbons (Fsp3) is 0.250. The second-order valence-corrected chi connectivity index (χ2v) is 7.94. The van der Waals surface area contributed by atoms with Crippen molar-refractivity contribution in [3.63, 3.8) is 0 Å². The van der Waals surface area contributed by atoms with E-state index in [1.165, 1.54) is 6.20 Å². The van der Waals surface area contributed by atoms with Gasteiger partial charge in [-0.2, -0.15) is 0 Å². The molecule has 8 nitrogen and oxygen atoms in total. The van der Waals surface area contributed by atoms with Crippen LogP contribution in [0.1, 0.15) is 39.4 Å². The van der Waals surface area contributed by atoms with Crippen LogP contribution in [0, 0.1) is 0 Å². The molecule has 4 N–H and O–H groups in total. The molecule has 0 saturated carbocycles. The van der Waals surface area contributed by atoms with E-state index in [1.807, 2.05) is 18.2 Å². The van der Waals surface area contributed by atoms with E-state index in [4.69, 9.17) is 5.73 Å². The topological polar surface area (TPSA) is 113 Å². The van der Waals surface area contributed by atoms with Crippen LogP contribution in [-0.2, 0) is 0 Å². The number of nitrogen functional groups attached to an aromatic ring is 1. The average Bonchev–Trinajstić information content (AvgIpc) is 2.81. The Hall–Kier alpha value is -3.78. The molecular weight excluding hydrogens is 404 g/mol. The lowest BCUT2D eigenvalue weighted by Crippen LogP contribution is -2.43. The lowest BCUT2D eigenvalue weighted by Gasteiger charge is -2.29. The van der Waals surface area contributed by atoms with E-state index < -0.39 is 5.91 Å². The van der Waals surface area contributed by atoms with Gasteiger partial charge in [0.15, 0.2) is 11.5 Å². The van der Waals surface area contributed by atoms with Crippen LogP contribution in [0.15, 0.2) is 60.8 Å². The lowest BCUT2D eigenvalue weighted by molar-refractivity contribution is 0.0916. The molecule has 32 heavy (non-hydrogen) atoms. The first-order valence-electron chi connectivity index (χ1n) is 10.6. The average molecular weight is 439 g/mol. The minimum absolute atomic E-state index is 0. The standard InChI is InChI=1S/C24H26N6O2.4H2/c1-30-13-11-19(12-14-30)27-23(31)17-9-7-16(8-10-17)20-15-26-22(25)21(29-20)24(32)28-18-5-3-2-4-6-18;;;;/h2-10,15,19H,11-14H2,1H3,(H2,25,26)(H,27,31)(H,28,32);4*1H. The molecule has 8 heteroatoms. The van der Waals surface area contributed by atoms with E-state index in [0.29, 0.717) is 16.9 Å². The highest BCUT2D eigenvalue weighted by Gasteiger charge is 2.19. The molecule has 2 aromatic carbocycles. The van der Waals surface area contributed by atoms with Crippen molar-refractivity contribution in [1.29, 1.82) is 0 Å². The van der Waals surface area contributed by atoms with Gasteiger partial charge in [0.1, 0.15) is 0 Å². The third-order valence-electron chi connectivity index (χ3n) is 5.54. The van der Waals surface area contributed by atoms with Crippen molar-refractivity contribution >= 4 is 23.3 Å². The first kappa shape index (κ1) is 21.5. The Morgan fingerprint density at radius 1 is 1.03 bits per heavy atom. The SMILES string of the molecule is CN1CCC(NC(=O)c2ccc(-c3cnc(N)c(C(=O)Nc4ccccc4)n3)cc2)CC1.[HH].[HH].[HH].[HH]. The number of nitrogens with two attached hydrogens (primary N) is 1. The Morgan fingerprint density at radius 3 is 2.41 bits per heavy atom. The highest BCUT2D eigenvalue weighted by Crippen LogP contribution is 2.20. The van der Waals surface area contributed by atoms with Crippen LogP contribution >= 0.6 is 0 Å². The molecule has 0 bridgehead atoms. The number of nitrogens with one attached hydrogen (secondary N) is 2. The van der Waals surface area contributed by atoms with E-state index in [-0.39, 0.29) is 29.2 Å². The molecular formula is C24H34N6O2. The van der Waals surface area contributed by atoms with Crippen molar-refractivity contribution < 1.29 is 15.3 Å².